The number of rotatable bonds is 6. The Balaban J connectivity index is 1.65. The summed E-state index contributed by atoms with van der Waals surface area (Å²) in [6.07, 6.45) is 3.71. The van der Waals surface area contributed by atoms with Crippen molar-refractivity contribution in [3.63, 3.8) is 0 Å². The van der Waals surface area contributed by atoms with Gasteiger partial charge < -0.3 is 14.6 Å². The van der Waals surface area contributed by atoms with Crippen molar-refractivity contribution in [2.24, 2.45) is 17.8 Å². The summed E-state index contributed by atoms with van der Waals surface area (Å²) in [5.74, 6) is 1.99. The molecule has 2 aliphatic rings. The van der Waals surface area contributed by atoms with E-state index in [1.807, 2.05) is 13.8 Å². The van der Waals surface area contributed by atoms with Crippen LogP contribution >= 0.6 is 0 Å². The van der Waals surface area contributed by atoms with Gasteiger partial charge in [-0.3, -0.25) is 9.69 Å². The highest BCUT2D eigenvalue weighted by Gasteiger charge is 2.40. The van der Waals surface area contributed by atoms with E-state index in [4.69, 9.17) is 9.26 Å². The van der Waals surface area contributed by atoms with Crippen molar-refractivity contribution in [3.05, 3.63) is 29.7 Å². The number of likely N-dealkylation sites (tertiary alicyclic amines) is 1. The number of aromatic nitrogens is 1. The highest BCUT2D eigenvalue weighted by atomic mass is 16.5. The molecule has 2 saturated heterocycles. The van der Waals surface area contributed by atoms with Gasteiger partial charge in [0, 0.05) is 30.5 Å². The Morgan fingerprint density at radius 2 is 2.20 bits per heavy atom. The van der Waals surface area contributed by atoms with E-state index in [9.17, 15) is 4.79 Å². The molecule has 0 spiro atoms. The summed E-state index contributed by atoms with van der Waals surface area (Å²) in [4.78, 5) is 14.8. The molecule has 6 nitrogen and oxygen atoms in total. The van der Waals surface area contributed by atoms with Crippen LogP contribution in [0.2, 0.25) is 0 Å². The predicted molar refractivity (Wildman–Crippen MR) is 95.0 cm³/mol. The second-order valence-corrected chi connectivity index (χ2v) is 7.26. The zero-order valence-corrected chi connectivity index (χ0v) is 15.3. The lowest BCUT2D eigenvalue weighted by molar-refractivity contribution is -0.131. The highest BCUT2D eigenvalue weighted by molar-refractivity contribution is 5.79. The third-order valence-electron chi connectivity index (χ3n) is 5.66. The van der Waals surface area contributed by atoms with E-state index in [0.29, 0.717) is 25.0 Å². The van der Waals surface area contributed by atoms with Crippen LogP contribution in [0.1, 0.15) is 29.9 Å². The third-order valence-corrected chi connectivity index (χ3v) is 5.66. The van der Waals surface area contributed by atoms with Gasteiger partial charge in [0.05, 0.1) is 18.9 Å². The molecule has 1 amide bonds. The van der Waals surface area contributed by atoms with E-state index >= 15 is 0 Å². The second kappa shape index (κ2) is 8.15. The molecular weight excluding hydrogens is 318 g/mol. The maximum Gasteiger partial charge on any atom is 0.223 e. The lowest BCUT2D eigenvalue weighted by Gasteiger charge is -2.36. The van der Waals surface area contributed by atoms with Crippen molar-refractivity contribution in [1.82, 2.24) is 15.4 Å². The molecule has 1 aromatic heterocycles. The van der Waals surface area contributed by atoms with Gasteiger partial charge in [0.15, 0.2) is 0 Å². The number of carbonyl (C=O) groups excluding carboxylic acids is 1. The van der Waals surface area contributed by atoms with Gasteiger partial charge in [-0.2, -0.15) is 0 Å². The van der Waals surface area contributed by atoms with E-state index in [2.05, 4.69) is 22.0 Å². The fourth-order valence-corrected chi connectivity index (χ4v) is 4.18. The lowest BCUT2D eigenvalue weighted by atomic mass is 9.75. The quantitative estimate of drug-likeness (QED) is 0.630. The SMILES string of the molecule is C=CCOC[C@H]1CNC(=O)[C@@H]2CCN(Cc3c(C)noc3C)CC[C@H]12. The Morgan fingerprint density at radius 3 is 2.92 bits per heavy atom. The first-order valence-electron chi connectivity index (χ1n) is 9.20. The van der Waals surface area contributed by atoms with E-state index < -0.39 is 0 Å². The van der Waals surface area contributed by atoms with Gasteiger partial charge in [0.2, 0.25) is 5.91 Å². The fraction of sp³-hybridized carbons (Fsp3) is 0.684. The van der Waals surface area contributed by atoms with Crippen LogP contribution < -0.4 is 5.32 Å². The number of hydrogen-bond donors (Lipinski definition) is 1. The molecule has 3 rings (SSSR count). The van der Waals surface area contributed by atoms with Gasteiger partial charge in [-0.05, 0) is 45.7 Å². The summed E-state index contributed by atoms with van der Waals surface area (Å²) < 4.78 is 11.0. The largest absolute Gasteiger partial charge is 0.377 e. The third kappa shape index (κ3) is 4.12. The Kier molecular flexibility index (Phi) is 5.91. The van der Waals surface area contributed by atoms with Crippen molar-refractivity contribution in [2.45, 2.75) is 33.2 Å². The topological polar surface area (TPSA) is 67.6 Å². The smallest absolute Gasteiger partial charge is 0.223 e. The Morgan fingerprint density at radius 1 is 1.40 bits per heavy atom. The molecule has 1 aromatic rings. The minimum Gasteiger partial charge on any atom is -0.377 e. The molecule has 3 atom stereocenters. The molecule has 2 fully saturated rings. The van der Waals surface area contributed by atoms with Crippen LogP contribution in [0.25, 0.3) is 0 Å². The van der Waals surface area contributed by atoms with Crippen LogP contribution in [0, 0.1) is 31.6 Å². The average molecular weight is 347 g/mol. The monoisotopic (exact) mass is 347 g/mol. The maximum atomic E-state index is 12.4. The molecule has 0 bridgehead atoms. The van der Waals surface area contributed by atoms with Crippen molar-refractivity contribution >= 4 is 5.91 Å². The molecule has 0 unspecified atom stereocenters. The summed E-state index contributed by atoms with van der Waals surface area (Å²) in [6.45, 7) is 12.4. The average Bonchev–Trinajstić information content (AvgIpc) is 2.80. The first-order chi connectivity index (χ1) is 12.1. The minimum absolute atomic E-state index is 0.0979. The van der Waals surface area contributed by atoms with Crippen molar-refractivity contribution in [3.8, 4) is 0 Å². The number of nitrogens with one attached hydrogen (secondary N) is 1. The summed E-state index contributed by atoms with van der Waals surface area (Å²) in [5.41, 5.74) is 2.15. The summed E-state index contributed by atoms with van der Waals surface area (Å²) in [7, 11) is 0. The first-order valence-corrected chi connectivity index (χ1v) is 9.20. The molecule has 138 valence electrons. The number of hydrogen-bond acceptors (Lipinski definition) is 5. The van der Waals surface area contributed by atoms with Crippen molar-refractivity contribution < 1.29 is 14.1 Å². The zero-order chi connectivity index (χ0) is 17.8. The maximum absolute atomic E-state index is 12.4. The van der Waals surface area contributed by atoms with Crippen LogP contribution in [0.3, 0.4) is 0 Å². The second-order valence-electron chi connectivity index (χ2n) is 7.26. The number of ether oxygens (including phenoxy) is 1. The van der Waals surface area contributed by atoms with Crippen LogP contribution in [0.15, 0.2) is 17.2 Å². The van der Waals surface area contributed by atoms with Gasteiger partial charge in [0.25, 0.3) is 0 Å². The van der Waals surface area contributed by atoms with E-state index in [1.54, 1.807) is 6.08 Å². The van der Waals surface area contributed by atoms with Gasteiger partial charge in [-0.1, -0.05) is 11.2 Å². The molecule has 0 aromatic carbocycles. The van der Waals surface area contributed by atoms with Gasteiger partial charge in [-0.25, -0.2) is 0 Å². The van der Waals surface area contributed by atoms with E-state index in [1.165, 1.54) is 5.56 Å². The fourth-order valence-electron chi connectivity index (χ4n) is 4.18. The number of amides is 1. The molecule has 25 heavy (non-hydrogen) atoms. The van der Waals surface area contributed by atoms with Crippen LogP contribution in [-0.4, -0.2) is 48.8 Å². The normalized spacial score (nSPS) is 27.4. The van der Waals surface area contributed by atoms with Crippen molar-refractivity contribution in [2.75, 3.05) is 32.8 Å². The molecule has 2 aliphatic heterocycles. The summed E-state index contributed by atoms with van der Waals surface area (Å²) in [5, 5.41) is 7.13. The molecule has 3 heterocycles. The minimum atomic E-state index is 0.0979. The molecule has 0 saturated carbocycles. The Labute approximate surface area is 149 Å². The first kappa shape index (κ1) is 18.1. The zero-order valence-electron chi connectivity index (χ0n) is 15.3. The van der Waals surface area contributed by atoms with E-state index in [0.717, 1.165) is 50.5 Å². The summed E-state index contributed by atoms with van der Waals surface area (Å²) >= 11 is 0. The standard InChI is InChI=1S/C19H29N3O3/c1-4-9-24-12-15-10-20-19(23)17-6-8-22(7-5-16(15)17)11-18-13(2)21-25-14(18)3/h4,15-17H,1,5-12H2,2-3H3,(H,20,23)/t15-,16-,17-/m1/s1. The highest BCUT2D eigenvalue weighted by Crippen LogP contribution is 2.34. The number of fused-ring (bicyclic) bond motifs is 1. The number of piperidine rings is 1. The van der Waals surface area contributed by atoms with Crippen LogP contribution in [0.5, 0.6) is 0 Å². The Bertz CT molecular complexity index is 594. The Hall–Kier alpha value is -1.66. The molecule has 6 heteroatoms. The van der Waals surface area contributed by atoms with E-state index in [-0.39, 0.29) is 11.8 Å². The number of carbonyl (C=O) groups is 1. The molecular formula is C19H29N3O3. The van der Waals surface area contributed by atoms with Crippen molar-refractivity contribution in [1.29, 1.82) is 0 Å². The number of aryl methyl sites for hydroxylation is 2. The van der Waals surface area contributed by atoms with Gasteiger partial charge in [-0.15, -0.1) is 6.58 Å². The molecule has 1 N–H and O–H groups in total. The molecule has 0 radical (unpaired) electrons. The van der Waals surface area contributed by atoms with Gasteiger partial charge >= 0.3 is 0 Å². The number of nitrogens with zero attached hydrogens (tertiary/aromatic N) is 2. The predicted octanol–water partition coefficient (Wildman–Crippen LogP) is 2.07. The van der Waals surface area contributed by atoms with Gasteiger partial charge in [0.1, 0.15) is 5.76 Å². The lowest BCUT2D eigenvalue weighted by Crippen LogP contribution is -2.49. The van der Waals surface area contributed by atoms with Crippen LogP contribution in [0.4, 0.5) is 0 Å². The molecule has 0 aliphatic carbocycles. The summed E-state index contributed by atoms with van der Waals surface area (Å²) in [6, 6.07) is 0. The van der Waals surface area contributed by atoms with Crippen LogP contribution in [-0.2, 0) is 16.1 Å².